The predicted octanol–water partition coefficient (Wildman–Crippen LogP) is 3.63. The fourth-order valence-electron chi connectivity index (χ4n) is 4.45. The number of methoxy groups -OCH3 is 2. The molecule has 2 aromatic rings. The molecule has 0 saturated heterocycles. The third kappa shape index (κ3) is 2.79. The van der Waals surface area contributed by atoms with E-state index >= 15 is 0 Å². The highest BCUT2D eigenvalue weighted by atomic mass is 16.5. The van der Waals surface area contributed by atoms with Crippen molar-refractivity contribution in [3.8, 4) is 11.5 Å². The lowest BCUT2D eigenvalue weighted by molar-refractivity contribution is 0.0559. The highest BCUT2D eigenvalue weighted by molar-refractivity contribution is 5.51. The molecule has 2 aromatic carbocycles. The number of nitrogens with zero attached hydrogens (tertiary/aromatic N) is 1. The number of fused-ring (bicyclic) bond motifs is 2. The molecular weight excluding hydrogens is 314 g/mol. The van der Waals surface area contributed by atoms with Crippen LogP contribution in [0.1, 0.15) is 47.2 Å². The summed E-state index contributed by atoms with van der Waals surface area (Å²) in [4.78, 5) is 2.40. The zero-order valence-corrected chi connectivity index (χ0v) is 14.9. The number of aryl methyl sites for hydroxylation is 1. The van der Waals surface area contributed by atoms with E-state index in [-0.39, 0.29) is 0 Å². The second-order valence-corrected chi connectivity index (χ2v) is 6.91. The van der Waals surface area contributed by atoms with E-state index in [4.69, 9.17) is 9.47 Å². The summed E-state index contributed by atoms with van der Waals surface area (Å²) in [6, 6.07) is 12.9. The first-order valence-electron chi connectivity index (χ1n) is 8.96. The van der Waals surface area contributed by atoms with Crippen molar-refractivity contribution >= 4 is 0 Å². The molecule has 0 spiro atoms. The Labute approximate surface area is 149 Å². The number of ether oxygens (including phenoxy) is 2. The highest BCUT2D eigenvalue weighted by Crippen LogP contribution is 2.44. The second-order valence-electron chi connectivity index (χ2n) is 6.91. The van der Waals surface area contributed by atoms with Crippen LogP contribution in [0.25, 0.3) is 0 Å². The van der Waals surface area contributed by atoms with Crippen molar-refractivity contribution in [3.05, 3.63) is 58.7 Å². The van der Waals surface area contributed by atoms with Crippen LogP contribution in [-0.2, 0) is 13.0 Å². The number of benzene rings is 2. The molecule has 1 N–H and O–H groups in total. The van der Waals surface area contributed by atoms with Gasteiger partial charge in [0.25, 0.3) is 0 Å². The minimum Gasteiger partial charge on any atom is -0.496 e. The van der Waals surface area contributed by atoms with Gasteiger partial charge in [-0.25, -0.2) is 0 Å². The molecule has 132 valence electrons. The smallest absolute Gasteiger partial charge is 0.125 e. The summed E-state index contributed by atoms with van der Waals surface area (Å²) in [7, 11) is 3.34. The van der Waals surface area contributed by atoms with Gasteiger partial charge < -0.3 is 14.6 Å². The van der Waals surface area contributed by atoms with Crippen molar-refractivity contribution in [2.75, 3.05) is 20.8 Å². The molecule has 2 aliphatic rings. The lowest BCUT2D eigenvalue weighted by atomic mass is 9.85. The van der Waals surface area contributed by atoms with Crippen molar-refractivity contribution in [3.63, 3.8) is 0 Å². The van der Waals surface area contributed by atoms with Gasteiger partial charge in [0.1, 0.15) is 11.5 Å². The summed E-state index contributed by atoms with van der Waals surface area (Å²) in [5.74, 6) is 1.57. The van der Waals surface area contributed by atoms with E-state index in [0.717, 1.165) is 42.0 Å². The molecular formula is C21H25NO3. The zero-order chi connectivity index (χ0) is 17.4. The number of aliphatic hydroxyl groups excluding tert-OH is 1. The lowest BCUT2D eigenvalue weighted by Crippen LogP contribution is -2.38. The van der Waals surface area contributed by atoms with Gasteiger partial charge in [-0.2, -0.15) is 0 Å². The Bertz CT molecular complexity index is 774. The minimum absolute atomic E-state index is 0.351. The van der Waals surface area contributed by atoms with Crippen LogP contribution in [-0.4, -0.2) is 30.8 Å². The first-order chi connectivity index (χ1) is 12.2. The summed E-state index contributed by atoms with van der Waals surface area (Å²) < 4.78 is 11.1. The van der Waals surface area contributed by atoms with E-state index in [1.807, 2.05) is 12.1 Å². The normalized spacial score (nSPS) is 22.8. The first kappa shape index (κ1) is 16.4. The number of β-amino-alcohol motifs (C(OH)–C–C–N with tert-alkyl or cyclic N) is 1. The van der Waals surface area contributed by atoms with Crippen LogP contribution in [0, 0.1) is 0 Å². The van der Waals surface area contributed by atoms with Crippen LogP contribution in [0.15, 0.2) is 36.4 Å². The van der Waals surface area contributed by atoms with Gasteiger partial charge in [0.2, 0.25) is 0 Å². The molecule has 4 nitrogen and oxygen atoms in total. The second kappa shape index (κ2) is 6.70. The maximum Gasteiger partial charge on any atom is 0.125 e. The quantitative estimate of drug-likeness (QED) is 0.927. The molecule has 4 heteroatoms. The average molecular weight is 339 g/mol. The van der Waals surface area contributed by atoms with Gasteiger partial charge in [0.15, 0.2) is 0 Å². The SMILES string of the molecule is COc1ccc(OC)c2c1CN([C@@H]1CCCc3ccccc31)C[C@H]2O. The molecule has 1 aliphatic heterocycles. The van der Waals surface area contributed by atoms with Crippen molar-refractivity contribution in [2.45, 2.75) is 38.0 Å². The Morgan fingerprint density at radius 3 is 2.60 bits per heavy atom. The third-order valence-corrected chi connectivity index (χ3v) is 5.59. The van der Waals surface area contributed by atoms with Crippen molar-refractivity contribution in [1.82, 2.24) is 4.90 Å². The van der Waals surface area contributed by atoms with Crippen LogP contribution in [0.4, 0.5) is 0 Å². The molecule has 0 bridgehead atoms. The van der Waals surface area contributed by atoms with Crippen LogP contribution in [0.2, 0.25) is 0 Å². The molecule has 0 unspecified atom stereocenters. The molecule has 0 fully saturated rings. The van der Waals surface area contributed by atoms with Crippen LogP contribution in [0.3, 0.4) is 0 Å². The van der Waals surface area contributed by atoms with Gasteiger partial charge in [0.05, 0.1) is 20.3 Å². The Hall–Kier alpha value is -2.04. The summed E-state index contributed by atoms with van der Waals surface area (Å²) >= 11 is 0. The highest BCUT2D eigenvalue weighted by Gasteiger charge is 2.34. The van der Waals surface area contributed by atoms with E-state index in [9.17, 15) is 5.11 Å². The fourth-order valence-corrected chi connectivity index (χ4v) is 4.45. The molecule has 0 amide bonds. The van der Waals surface area contributed by atoms with Crippen molar-refractivity contribution in [1.29, 1.82) is 0 Å². The van der Waals surface area contributed by atoms with E-state index in [2.05, 4.69) is 29.2 Å². The van der Waals surface area contributed by atoms with Crippen LogP contribution < -0.4 is 9.47 Å². The van der Waals surface area contributed by atoms with E-state index in [1.54, 1.807) is 14.2 Å². The Morgan fingerprint density at radius 1 is 1.04 bits per heavy atom. The minimum atomic E-state index is -0.567. The van der Waals surface area contributed by atoms with Gasteiger partial charge in [0, 0.05) is 30.3 Å². The largest absolute Gasteiger partial charge is 0.496 e. The molecule has 0 radical (unpaired) electrons. The number of aliphatic hydroxyl groups is 1. The van der Waals surface area contributed by atoms with Crippen LogP contribution in [0.5, 0.6) is 11.5 Å². The topological polar surface area (TPSA) is 41.9 Å². The Kier molecular flexibility index (Phi) is 4.40. The molecule has 4 rings (SSSR count). The number of rotatable bonds is 3. The molecule has 1 heterocycles. The molecule has 25 heavy (non-hydrogen) atoms. The van der Waals surface area contributed by atoms with E-state index in [1.165, 1.54) is 17.5 Å². The molecule has 0 aromatic heterocycles. The predicted molar refractivity (Wildman–Crippen MR) is 97.0 cm³/mol. The third-order valence-electron chi connectivity index (χ3n) is 5.59. The fraction of sp³-hybridized carbons (Fsp3) is 0.429. The number of hydrogen-bond acceptors (Lipinski definition) is 4. The maximum atomic E-state index is 10.9. The maximum absolute atomic E-state index is 10.9. The van der Waals surface area contributed by atoms with Gasteiger partial charge in [-0.3, -0.25) is 4.90 Å². The van der Waals surface area contributed by atoms with Gasteiger partial charge in [-0.05, 0) is 42.5 Å². The monoisotopic (exact) mass is 339 g/mol. The average Bonchev–Trinajstić information content (AvgIpc) is 2.66. The summed E-state index contributed by atoms with van der Waals surface area (Å²) in [6.07, 6.45) is 2.90. The summed E-state index contributed by atoms with van der Waals surface area (Å²) in [5, 5.41) is 10.9. The van der Waals surface area contributed by atoms with Gasteiger partial charge in [-0.1, -0.05) is 24.3 Å². The summed E-state index contributed by atoms with van der Waals surface area (Å²) in [6.45, 7) is 1.39. The van der Waals surface area contributed by atoms with E-state index < -0.39 is 6.10 Å². The molecule has 2 atom stereocenters. The lowest BCUT2D eigenvalue weighted by Gasteiger charge is -2.41. The Balaban J connectivity index is 1.73. The summed E-state index contributed by atoms with van der Waals surface area (Å²) in [5.41, 5.74) is 4.77. The van der Waals surface area contributed by atoms with Crippen molar-refractivity contribution < 1.29 is 14.6 Å². The van der Waals surface area contributed by atoms with Crippen molar-refractivity contribution in [2.24, 2.45) is 0 Å². The molecule has 0 saturated carbocycles. The zero-order valence-electron chi connectivity index (χ0n) is 14.9. The standard InChI is InChI=1S/C21H25NO3/c1-24-19-10-11-20(25-2)21-16(19)12-22(13-18(21)23)17-9-5-7-14-6-3-4-8-15(14)17/h3-4,6,8,10-11,17-18,23H,5,7,9,12-13H2,1-2H3/t17-,18-/m1/s1. The first-order valence-corrected chi connectivity index (χ1v) is 8.96. The van der Waals surface area contributed by atoms with E-state index in [0.29, 0.717) is 12.6 Å². The van der Waals surface area contributed by atoms with Crippen LogP contribution >= 0.6 is 0 Å². The number of hydrogen-bond donors (Lipinski definition) is 1. The van der Waals surface area contributed by atoms with Gasteiger partial charge >= 0.3 is 0 Å². The van der Waals surface area contributed by atoms with Gasteiger partial charge in [-0.15, -0.1) is 0 Å². The molecule has 1 aliphatic carbocycles. The Morgan fingerprint density at radius 2 is 1.80 bits per heavy atom.